The molecule has 5 rings (SSSR count). The Labute approximate surface area is 221 Å². The lowest BCUT2D eigenvalue weighted by Crippen LogP contribution is -2.48. The first-order valence-electron chi connectivity index (χ1n) is 13.0. The van der Waals surface area contributed by atoms with Gasteiger partial charge in [-0.2, -0.15) is 4.31 Å². The molecule has 0 atom stereocenters. The van der Waals surface area contributed by atoms with Crippen LogP contribution >= 0.6 is 0 Å². The van der Waals surface area contributed by atoms with Crippen molar-refractivity contribution in [3.63, 3.8) is 0 Å². The number of hydrogen-bond acceptors (Lipinski definition) is 6. The van der Waals surface area contributed by atoms with E-state index in [1.807, 2.05) is 32.0 Å². The first kappa shape index (κ1) is 25.9. The third-order valence-corrected chi connectivity index (χ3v) is 8.83. The smallest absolute Gasteiger partial charge is 0.331 e. The molecule has 4 aromatic rings. The average molecular weight is 537 g/mol. The van der Waals surface area contributed by atoms with E-state index >= 15 is 0 Å². The van der Waals surface area contributed by atoms with Gasteiger partial charge in [0, 0.05) is 51.2 Å². The molecule has 200 valence electrons. The molecule has 1 N–H and O–H groups in total. The van der Waals surface area contributed by atoms with Gasteiger partial charge in [0.05, 0.1) is 10.4 Å². The molecule has 1 fully saturated rings. The van der Waals surface area contributed by atoms with E-state index in [1.165, 1.54) is 8.87 Å². The quantitative estimate of drug-likeness (QED) is 0.371. The molecule has 0 unspecified atom stereocenters. The van der Waals surface area contributed by atoms with E-state index in [0.29, 0.717) is 62.4 Å². The van der Waals surface area contributed by atoms with Gasteiger partial charge >= 0.3 is 5.69 Å². The van der Waals surface area contributed by atoms with Gasteiger partial charge in [0.15, 0.2) is 0 Å². The van der Waals surface area contributed by atoms with Crippen molar-refractivity contribution in [2.75, 3.05) is 31.1 Å². The maximum absolute atomic E-state index is 13.3. The summed E-state index contributed by atoms with van der Waals surface area (Å²) in [4.78, 5) is 35.9. The van der Waals surface area contributed by atoms with E-state index in [0.717, 1.165) is 17.8 Å². The molecule has 0 radical (unpaired) electrons. The number of aromatic amines is 1. The molecule has 0 spiro atoms. The number of pyridine rings is 1. The molecular formula is C27H32N6O4S. The van der Waals surface area contributed by atoms with Crippen molar-refractivity contribution in [2.24, 2.45) is 0 Å². The van der Waals surface area contributed by atoms with Crippen molar-refractivity contribution in [2.45, 2.75) is 44.7 Å². The number of sulfonamides is 1. The topological polar surface area (TPSA) is 113 Å². The predicted octanol–water partition coefficient (Wildman–Crippen LogP) is 2.88. The summed E-state index contributed by atoms with van der Waals surface area (Å²) in [7, 11) is -3.65. The Kier molecular flexibility index (Phi) is 7.22. The number of fused-ring (bicyclic) bond motifs is 1. The number of nitrogens with zero attached hydrogens (tertiary/aromatic N) is 5. The highest BCUT2D eigenvalue weighted by molar-refractivity contribution is 7.89. The Hall–Kier alpha value is -3.70. The molecule has 1 aliphatic heterocycles. The van der Waals surface area contributed by atoms with Crippen LogP contribution in [0.2, 0.25) is 0 Å². The lowest BCUT2D eigenvalue weighted by Gasteiger charge is -2.34. The van der Waals surface area contributed by atoms with Crippen LogP contribution in [-0.2, 0) is 23.1 Å². The highest BCUT2D eigenvalue weighted by atomic mass is 32.2. The number of anilines is 1. The summed E-state index contributed by atoms with van der Waals surface area (Å²) >= 11 is 0. The molecule has 1 saturated heterocycles. The fourth-order valence-corrected chi connectivity index (χ4v) is 6.38. The number of hydrogen-bond donors (Lipinski definition) is 1. The summed E-state index contributed by atoms with van der Waals surface area (Å²) < 4.78 is 31.1. The normalized spacial score (nSPS) is 14.8. The maximum atomic E-state index is 13.3. The van der Waals surface area contributed by atoms with Gasteiger partial charge in [-0.25, -0.2) is 18.2 Å². The van der Waals surface area contributed by atoms with Crippen LogP contribution in [0.1, 0.15) is 26.7 Å². The number of aryl methyl sites for hydroxylation is 1. The molecule has 1 aliphatic rings. The first-order chi connectivity index (χ1) is 18.3. The number of aromatic nitrogens is 4. The van der Waals surface area contributed by atoms with E-state index in [1.54, 1.807) is 41.1 Å². The highest BCUT2D eigenvalue weighted by Crippen LogP contribution is 2.26. The molecule has 0 bridgehead atoms. The molecule has 0 saturated carbocycles. The molecule has 1 aromatic carbocycles. The summed E-state index contributed by atoms with van der Waals surface area (Å²) in [5.74, 6) is 0.845. The van der Waals surface area contributed by atoms with Gasteiger partial charge in [-0.05, 0) is 48.7 Å². The minimum atomic E-state index is -3.65. The third-order valence-electron chi connectivity index (χ3n) is 6.92. The second-order valence-corrected chi connectivity index (χ2v) is 11.4. The second kappa shape index (κ2) is 10.6. The largest absolute Gasteiger partial charge is 0.354 e. The average Bonchev–Trinajstić information content (AvgIpc) is 3.40. The Morgan fingerprint density at radius 3 is 2.21 bits per heavy atom. The van der Waals surface area contributed by atoms with Crippen LogP contribution < -0.4 is 16.1 Å². The van der Waals surface area contributed by atoms with Gasteiger partial charge in [-0.1, -0.05) is 32.0 Å². The fraction of sp³-hybridized carbons (Fsp3) is 0.370. The van der Waals surface area contributed by atoms with Gasteiger partial charge in [-0.15, -0.1) is 0 Å². The molecule has 4 heterocycles. The van der Waals surface area contributed by atoms with Crippen molar-refractivity contribution < 1.29 is 8.42 Å². The van der Waals surface area contributed by atoms with Gasteiger partial charge in [-0.3, -0.25) is 13.9 Å². The Bertz CT molecular complexity index is 1650. The number of H-pyrrole nitrogens is 1. The maximum Gasteiger partial charge on any atom is 0.331 e. The lowest BCUT2D eigenvalue weighted by molar-refractivity contribution is 0.384. The number of rotatable bonds is 8. The van der Waals surface area contributed by atoms with E-state index in [9.17, 15) is 18.0 Å². The standard InChI is InChI=1S/C27H32N6O4S/c1-3-13-32-23-19-22(29-25(23)26(34)33(14-4-2)27(32)35)20-8-10-21(11-9-20)38(36,37)31-17-15-30(16-18-31)24-7-5-6-12-28-24/h5-12,19,29H,3-4,13-18H2,1-2H3. The summed E-state index contributed by atoms with van der Waals surface area (Å²) in [6.45, 7) is 6.66. The summed E-state index contributed by atoms with van der Waals surface area (Å²) in [5, 5.41) is 0. The SMILES string of the molecule is CCCn1c(=O)c2[nH]c(-c3ccc(S(=O)(=O)N4CCN(c5ccccn5)CC4)cc3)cc2n(CCC)c1=O. The Balaban J connectivity index is 1.40. The van der Waals surface area contributed by atoms with Crippen LogP contribution in [-0.4, -0.2) is 58.0 Å². The van der Waals surface area contributed by atoms with Crippen molar-refractivity contribution >= 4 is 26.9 Å². The van der Waals surface area contributed by atoms with E-state index in [2.05, 4.69) is 14.9 Å². The highest BCUT2D eigenvalue weighted by Gasteiger charge is 2.29. The zero-order valence-corrected chi connectivity index (χ0v) is 22.4. The van der Waals surface area contributed by atoms with Crippen molar-refractivity contribution in [3.05, 3.63) is 75.6 Å². The van der Waals surface area contributed by atoms with Crippen molar-refractivity contribution in [1.29, 1.82) is 0 Å². The second-order valence-electron chi connectivity index (χ2n) is 9.44. The van der Waals surface area contributed by atoms with Gasteiger partial charge in [0.1, 0.15) is 11.3 Å². The van der Waals surface area contributed by atoms with Crippen LogP contribution in [0, 0.1) is 0 Å². The first-order valence-corrected chi connectivity index (χ1v) is 14.4. The summed E-state index contributed by atoms with van der Waals surface area (Å²) in [6, 6.07) is 14.1. The zero-order chi connectivity index (χ0) is 26.9. The van der Waals surface area contributed by atoms with Crippen LogP contribution in [0.25, 0.3) is 22.3 Å². The van der Waals surface area contributed by atoms with Crippen molar-refractivity contribution in [3.8, 4) is 11.3 Å². The van der Waals surface area contributed by atoms with E-state index < -0.39 is 10.0 Å². The molecular weight excluding hydrogens is 504 g/mol. The van der Waals surface area contributed by atoms with Crippen molar-refractivity contribution in [1.82, 2.24) is 23.4 Å². The summed E-state index contributed by atoms with van der Waals surface area (Å²) in [5.41, 5.74) is 1.69. The van der Waals surface area contributed by atoms with Crippen LogP contribution in [0.4, 0.5) is 5.82 Å². The zero-order valence-electron chi connectivity index (χ0n) is 21.6. The van der Waals surface area contributed by atoms with Crippen LogP contribution in [0.5, 0.6) is 0 Å². The minimum absolute atomic E-state index is 0.219. The Morgan fingerprint density at radius 2 is 1.58 bits per heavy atom. The molecule has 3 aromatic heterocycles. The van der Waals surface area contributed by atoms with Gasteiger partial charge in [0.25, 0.3) is 5.56 Å². The minimum Gasteiger partial charge on any atom is -0.354 e. The van der Waals surface area contributed by atoms with Gasteiger partial charge in [0.2, 0.25) is 10.0 Å². The molecule has 11 heteroatoms. The van der Waals surface area contributed by atoms with Gasteiger partial charge < -0.3 is 9.88 Å². The fourth-order valence-electron chi connectivity index (χ4n) is 4.96. The number of nitrogens with one attached hydrogen (secondary N) is 1. The molecule has 10 nitrogen and oxygen atoms in total. The number of benzene rings is 1. The monoisotopic (exact) mass is 536 g/mol. The molecule has 38 heavy (non-hydrogen) atoms. The number of piperazine rings is 1. The molecule has 0 aliphatic carbocycles. The molecule has 0 amide bonds. The van der Waals surface area contributed by atoms with E-state index in [4.69, 9.17) is 0 Å². The lowest BCUT2D eigenvalue weighted by atomic mass is 10.1. The van der Waals surface area contributed by atoms with Crippen LogP contribution in [0.15, 0.2) is 69.2 Å². The Morgan fingerprint density at radius 1 is 0.895 bits per heavy atom. The summed E-state index contributed by atoms with van der Waals surface area (Å²) in [6.07, 6.45) is 3.16. The van der Waals surface area contributed by atoms with Crippen LogP contribution in [0.3, 0.4) is 0 Å². The predicted molar refractivity (Wildman–Crippen MR) is 148 cm³/mol. The third kappa shape index (κ3) is 4.67. The van der Waals surface area contributed by atoms with E-state index in [-0.39, 0.29) is 16.1 Å².